The zero-order valence-corrected chi connectivity index (χ0v) is 16.3. The maximum Gasteiger partial charge on any atom is 0.0810 e. The minimum atomic E-state index is -0.179. The van der Waals surface area contributed by atoms with Gasteiger partial charge in [-0.2, -0.15) is 0 Å². The number of hydrogen-bond donors (Lipinski definition) is 0. The van der Waals surface area contributed by atoms with E-state index in [1.807, 2.05) is 24.4 Å². The zero-order chi connectivity index (χ0) is 18.9. The Bertz CT molecular complexity index is 903. The smallest absolute Gasteiger partial charge is 0.0810 e. The molecule has 0 N–H and O–H groups in total. The molecule has 1 aliphatic rings. The van der Waals surface area contributed by atoms with Gasteiger partial charge in [-0.25, -0.2) is 0 Å². The Morgan fingerprint density at radius 2 is 1.41 bits per heavy atom. The molecule has 2 radical (unpaired) electrons. The Labute approximate surface area is 164 Å². The van der Waals surface area contributed by atoms with Gasteiger partial charge in [-0.15, -0.1) is 0 Å². The van der Waals surface area contributed by atoms with Crippen LogP contribution in [0.1, 0.15) is 45.1 Å². The molecular formula is C25H26BN. The molecule has 1 heterocycles. The van der Waals surface area contributed by atoms with E-state index in [1.165, 1.54) is 29.5 Å². The first-order chi connectivity index (χ1) is 13.0. The van der Waals surface area contributed by atoms with E-state index in [0.29, 0.717) is 5.41 Å². The number of hydrogen-bond acceptors (Lipinski definition) is 1. The van der Waals surface area contributed by atoms with Gasteiger partial charge in [0, 0.05) is 11.8 Å². The summed E-state index contributed by atoms with van der Waals surface area (Å²) in [5.74, 6) is 0. The molecule has 0 unspecified atom stereocenters. The summed E-state index contributed by atoms with van der Waals surface area (Å²) < 4.78 is 0. The molecule has 27 heavy (non-hydrogen) atoms. The highest BCUT2D eigenvalue weighted by Gasteiger charge is 2.35. The first kappa shape index (κ1) is 18.0. The van der Waals surface area contributed by atoms with Crippen molar-refractivity contribution >= 4 is 7.85 Å². The quantitative estimate of drug-likeness (QED) is 0.499. The lowest BCUT2D eigenvalue weighted by molar-refractivity contribution is 0.206. The Balaban J connectivity index is 1.58. The van der Waals surface area contributed by atoms with Gasteiger partial charge in [0.1, 0.15) is 0 Å². The van der Waals surface area contributed by atoms with Crippen molar-refractivity contribution in [1.29, 1.82) is 0 Å². The molecule has 0 atom stereocenters. The van der Waals surface area contributed by atoms with E-state index in [0.717, 1.165) is 24.1 Å². The summed E-state index contributed by atoms with van der Waals surface area (Å²) in [6.07, 6.45) is 6.39. The van der Waals surface area contributed by atoms with Crippen molar-refractivity contribution in [2.75, 3.05) is 0 Å². The van der Waals surface area contributed by atoms with Gasteiger partial charge in [0.15, 0.2) is 0 Å². The molecule has 1 saturated carbocycles. The van der Waals surface area contributed by atoms with Crippen LogP contribution in [0.2, 0.25) is 0 Å². The van der Waals surface area contributed by atoms with E-state index in [2.05, 4.69) is 67.4 Å². The average Bonchev–Trinajstić information content (AvgIpc) is 2.71. The lowest BCUT2D eigenvalue weighted by atomic mass is 9.53. The van der Waals surface area contributed by atoms with Gasteiger partial charge in [0.05, 0.1) is 13.5 Å². The molecule has 0 aliphatic heterocycles. The summed E-state index contributed by atoms with van der Waals surface area (Å²) in [6.45, 7) is 4.70. The fraction of sp³-hybridized carbons (Fsp3) is 0.320. The highest BCUT2D eigenvalue weighted by atomic mass is 14.7. The van der Waals surface area contributed by atoms with Crippen LogP contribution in [0.15, 0.2) is 72.9 Å². The number of aromatic nitrogens is 1. The van der Waals surface area contributed by atoms with Crippen molar-refractivity contribution in [3.63, 3.8) is 0 Å². The van der Waals surface area contributed by atoms with Gasteiger partial charge in [0.25, 0.3) is 0 Å². The van der Waals surface area contributed by atoms with Crippen LogP contribution in [-0.4, -0.2) is 12.8 Å². The lowest BCUT2D eigenvalue weighted by Gasteiger charge is -2.42. The van der Waals surface area contributed by atoms with E-state index in [9.17, 15) is 0 Å². The molecule has 1 aromatic heterocycles. The third-order valence-corrected chi connectivity index (χ3v) is 6.12. The second-order valence-electron chi connectivity index (χ2n) is 8.69. The maximum atomic E-state index is 6.78. The Morgan fingerprint density at radius 3 is 2.07 bits per heavy atom. The van der Waals surface area contributed by atoms with Crippen LogP contribution in [0.3, 0.4) is 0 Å². The largest absolute Gasteiger partial charge is 0.256 e. The summed E-state index contributed by atoms with van der Waals surface area (Å²) in [7, 11) is 6.78. The van der Waals surface area contributed by atoms with Crippen molar-refractivity contribution in [1.82, 2.24) is 4.98 Å². The molecule has 0 amide bonds. The van der Waals surface area contributed by atoms with Crippen LogP contribution in [0.4, 0.5) is 0 Å². The molecule has 3 aromatic rings. The van der Waals surface area contributed by atoms with E-state index in [-0.39, 0.29) is 5.31 Å². The van der Waals surface area contributed by atoms with Crippen molar-refractivity contribution in [3.8, 4) is 22.4 Å². The molecule has 2 aromatic carbocycles. The van der Waals surface area contributed by atoms with Crippen LogP contribution in [0.5, 0.6) is 0 Å². The average molecular weight is 351 g/mol. The summed E-state index contributed by atoms with van der Waals surface area (Å²) in [5.41, 5.74) is 6.22. The van der Waals surface area contributed by atoms with Crippen LogP contribution >= 0.6 is 0 Å². The maximum absolute atomic E-state index is 6.78. The Kier molecular flexibility index (Phi) is 4.67. The number of benzene rings is 2. The fourth-order valence-corrected chi connectivity index (χ4v) is 4.03. The minimum absolute atomic E-state index is 0.179. The molecule has 1 aliphatic carbocycles. The van der Waals surface area contributed by atoms with E-state index < -0.39 is 0 Å². The molecular weight excluding hydrogens is 325 g/mol. The zero-order valence-electron chi connectivity index (χ0n) is 16.3. The number of pyridine rings is 1. The lowest BCUT2D eigenvalue weighted by Crippen LogP contribution is -2.35. The van der Waals surface area contributed by atoms with Crippen LogP contribution in [0.25, 0.3) is 22.4 Å². The van der Waals surface area contributed by atoms with E-state index >= 15 is 0 Å². The number of nitrogens with zero attached hydrogens (tertiary/aromatic N) is 1. The summed E-state index contributed by atoms with van der Waals surface area (Å²) in [5, 5.41) is -0.179. The monoisotopic (exact) mass is 351 g/mol. The predicted molar refractivity (Wildman–Crippen MR) is 115 cm³/mol. The van der Waals surface area contributed by atoms with Crippen molar-refractivity contribution in [2.24, 2.45) is 5.41 Å². The van der Waals surface area contributed by atoms with Gasteiger partial charge in [-0.05, 0) is 46.8 Å². The predicted octanol–water partition coefficient (Wildman–Crippen LogP) is 6.38. The van der Waals surface area contributed by atoms with Gasteiger partial charge < -0.3 is 0 Å². The minimum Gasteiger partial charge on any atom is -0.256 e. The summed E-state index contributed by atoms with van der Waals surface area (Å²) in [4.78, 5) is 4.53. The van der Waals surface area contributed by atoms with Gasteiger partial charge in [0.2, 0.25) is 0 Å². The molecule has 4 rings (SSSR count). The van der Waals surface area contributed by atoms with Crippen molar-refractivity contribution in [3.05, 3.63) is 78.5 Å². The molecule has 1 fully saturated rings. The first-order valence-corrected chi connectivity index (χ1v) is 9.87. The second-order valence-corrected chi connectivity index (χ2v) is 8.69. The molecule has 0 bridgehead atoms. The summed E-state index contributed by atoms with van der Waals surface area (Å²) in [6, 6.07) is 23.4. The second kappa shape index (κ2) is 7.00. The molecule has 2 heteroatoms. The molecule has 0 saturated heterocycles. The SMILES string of the molecule is [B]C1(c2ccc(-c3ccnc(-c4ccccc4)c3)cc2)CCC(C)(C)CC1. The van der Waals surface area contributed by atoms with Crippen LogP contribution in [-0.2, 0) is 5.31 Å². The van der Waals surface area contributed by atoms with Gasteiger partial charge in [-0.3, -0.25) is 4.98 Å². The van der Waals surface area contributed by atoms with E-state index in [1.54, 1.807) is 0 Å². The normalized spacial score (nSPS) is 18.1. The molecule has 0 spiro atoms. The number of rotatable bonds is 3. The van der Waals surface area contributed by atoms with E-state index in [4.69, 9.17) is 7.85 Å². The van der Waals surface area contributed by atoms with Crippen molar-refractivity contribution < 1.29 is 0 Å². The highest BCUT2D eigenvalue weighted by Crippen LogP contribution is 2.45. The standard InChI is InChI=1S/C25H26BN/c1-24(2)13-15-25(26,16-14-24)22-10-8-19(9-11-22)21-12-17-27-23(18-21)20-6-4-3-5-7-20/h3-12,17-18H,13-16H2,1-2H3. The van der Waals surface area contributed by atoms with Gasteiger partial charge >= 0.3 is 0 Å². The first-order valence-electron chi connectivity index (χ1n) is 9.87. The van der Waals surface area contributed by atoms with Gasteiger partial charge in [-0.1, -0.05) is 86.8 Å². The summed E-state index contributed by atoms with van der Waals surface area (Å²) >= 11 is 0. The topological polar surface area (TPSA) is 12.9 Å². The fourth-order valence-electron chi connectivity index (χ4n) is 4.03. The molecule has 134 valence electrons. The Hall–Kier alpha value is -2.35. The van der Waals surface area contributed by atoms with Crippen molar-refractivity contribution in [2.45, 2.75) is 44.8 Å². The van der Waals surface area contributed by atoms with Crippen LogP contribution in [0, 0.1) is 5.41 Å². The third-order valence-electron chi connectivity index (χ3n) is 6.12. The molecule has 1 nitrogen and oxygen atoms in total. The third kappa shape index (κ3) is 3.85. The van der Waals surface area contributed by atoms with Crippen LogP contribution < -0.4 is 0 Å². The highest BCUT2D eigenvalue weighted by molar-refractivity contribution is 6.16. The Morgan fingerprint density at radius 1 is 0.741 bits per heavy atom.